The van der Waals surface area contributed by atoms with Gasteiger partial charge in [-0.3, -0.25) is 4.79 Å². The highest BCUT2D eigenvalue weighted by Crippen LogP contribution is 2.27. The summed E-state index contributed by atoms with van der Waals surface area (Å²) in [5.41, 5.74) is 4.55. The maximum absolute atomic E-state index is 12.0. The average molecular weight is 306 g/mol. The molecule has 1 rings (SSSR count). The number of hydrazone groups is 1. The summed E-state index contributed by atoms with van der Waals surface area (Å²) in [7, 11) is 3.16. The molecule has 5 nitrogen and oxygen atoms in total. The molecule has 0 saturated heterocycles. The summed E-state index contributed by atoms with van der Waals surface area (Å²) in [5, 5.41) is 4.24. The Kier molecular flexibility index (Phi) is 8.04. The summed E-state index contributed by atoms with van der Waals surface area (Å²) in [5.74, 6) is 1.14. The van der Waals surface area contributed by atoms with Crippen LogP contribution < -0.4 is 14.9 Å². The molecule has 0 aliphatic heterocycles. The first kappa shape index (κ1) is 18.0. The lowest BCUT2D eigenvalue weighted by molar-refractivity contribution is -0.120. The number of hydrogen-bond acceptors (Lipinski definition) is 4. The summed E-state index contributed by atoms with van der Waals surface area (Å²) in [4.78, 5) is 12.0. The second-order valence-electron chi connectivity index (χ2n) is 5.08. The quantitative estimate of drug-likeness (QED) is 0.562. The van der Waals surface area contributed by atoms with Gasteiger partial charge in [-0.1, -0.05) is 32.8 Å². The van der Waals surface area contributed by atoms with Crippen LogP contribution in [-0.4, -0.2) is 25.8 Å². The predicted octanol–water partition coefficient (Wildman–Crippen LogP) is 3.32. The lowest BCUT2D eigenvalue weighted by Gasteiger charge is -2.09. The highest BCUT2D eigenvalue weighted by molar-refractivity contribution is 5.86. The molecule has 0 spiro atoms. The van der Waals surface area contributed by atoms with Crippen LogP contribution in [0.1, 0.15) is 45.1 Å². The van der Waals surface area contributed by atoms with Gasteiger partial charge in [0, 0.05) is 5.71 Å². The highest BCUT2D eigenvalue weighted by Gasteiger charge is 2.08. The Bertz CT molecular complexity index is 505. The van der Waals surface area contributed by atoms with Crippen LogP contribution in [-0.2, 0) is 11.2 Å². The molecule has 0 radical (unpaired) electrons. The monoisotopic (exact) mass is 306 g/mol. The van der Waals surface area contributed by atoms with Crippen molar-refractivity contribution in [3.63, 3.8) is 0 Å². The maximum atomic E-state index is 12.0. The predicted molar refractivity (Wildman–Crippen MR) is 88.6 cm³/mol. The fourth-order valence-electron chi connectivity index (χ4n) is 2.17. The number of hydrogen-bond donors (Lipinski definition) is 1. The van der Waals surface area contributed by atoms with Crippen LogP contribution in [0.25, 0.3) is 0 Å². The summed E-state index contributed by atoms with van der Waals surface area (Å²) < 4.78 is 10.4. The van der Waals surface area contributed by atoms with E-state index in [1.54, 1.807) is 26.4 Å². The number of methoxy groups -OCH3 is 2. The van der Waals surface area contributed by atoms with Gasteiger partial charge < -0.3 is 9.47 Å². The van der Waals surface area contributed by atoms with E-state index < -0.39 is 0 Å². The molecule has 22 heavy (non-hydrogen) atoms. The van der Waals surface area contributed by atoms with Crippen molar-refractivity contribution >= 4 is 11.6 Å². The first-order chi connectivity index (χ1) is 10.6. The molecule has 1 aromatic rings. The molecule has 1 amide bonds. The first-order valence-corrected chi connectivity index (χ1v) is 7.69. The van der Waals surface area contributed by atoms with Crippen LogP contribution in [0.5, 0.6) is 11.5 Å². The van der Waals surface area contributed by atoms with Gasteiger partial charge in [0.05, 0.1) is 20.6 Å². The van der Waals surface area contributed by atoms with Gasteiger partial charge in [-0.05, 0) is 30.5 Å². The van der Waals surface area contributed by atoms with Crippen molar-refractivity contribution in [3.8, 4) is 11.5 Å². The Labute approximate surface area is 132 Å². The molecule has 122 valence electrons. The zero-order valence-corrected chi connectivity index (χ0v) is 13.9. The largest absolute Gasteiger partial charge is 0.493 e. The van der Waals surface area contributed by atoms with E-state index in [9.17, 15) is 4.79 Å². The fourth-order valence-corrected chi connectivity index (χ4v) is 2.17. The molecule has 1 aromatic carbocycles. The Morgan fingerprint density at radius 3 is 2.27 bits per heavy atom. The third-order valence-electron chi connectivity index (χ3n) is 3.23. The molecule has 0 atom stereocenters. The lowest BCUT2D eigenvalue weighted by Crippen LogP contribution is -2.21. The lowest BCUT2D eigenvalue weighted by atomic mass is 10.1. The maximum Gasteiger partial charge on any atom is 0.244 e. The minimum Gasteiger partial charge on any atom is -0.493 e. The van der Waals surface area contributed by atoms with E-state index in [1.165, 1.54) is 0 Å². The normalized spacial score (nSPS) is 10.0. The second-order valence-corrected chi connectivity index (χ2v) is 5.08. The highest BCUT2D eigenvalue weighted by atomic mass is 16.5. The Morgan fingerprint density at radius 1 is 1.09 bits per heavy atom. The van der Waals surface area contributed by atoms with Crippen molar-refractivity contribution in [1.82, 2.24) is 5.43 Å². The van der Waals surface area contributed by atoms with Gasteiger partial charge in [0.15, 0.2) is 11.5 Å². The van der Waals surface area contributed by atoms with Gasteiger partial charge in [-0.2, -0.15) is 5.10 Å². The van der Waals surface area contributed by atoms with E-state index >= 15 is 0 Å². The number of rotatable bonds is 9. The summed E-state index contributed by atoms with van der Waals surface area (Å²) in [6.45, 7) is 4.22. The van der Waals surface area contributed by atoms with Crippen molar-refractivity contribution in [2.45, 2.75) is 46.0 Å². The molecule has 0 saturated carbocycles. The fraction of sp³-hybridized carbons (Fsp3) is 0.529. The molecule has 0 aliphatic carbocycles. The molecule has 5 heteroatoms. The van der Waals surface area contributed by atoms with E-state index in [1.807, 2.05) is 6.07 Å². The number of nitrogens with zero attached hydrogens (tertiary/aromatic N) is 1. The Hall–Kier alpha value is -2.04. The van der Waals surface area contributed by atoms with Gasteiger partial charge in [0.25, 0.3) is 0 Å². The summed E-state index contributed by atoms with van der Waals surface area (Å²) in [6, 6.07) is 5.45. The number of carbonyl (C=O) groups is 1. The van der Waals surface area contributed by atoms with Crippen molar-refractivity contribution in [2.24, 2.45) is 5.10 Å². The van der Waals surface area contributed by atoms with E-state index in [0.29, 0.717) is 11.5 Å². The molecule has 1 N–H and O–H groups in total. The third kappa shape index (κ3) is 5.76. The SMILES string of the molecule is CCCC(CCC)=NNC(=O)Cc1ccc(OC)c(OC)c1. The van der Waals surface area contributed by atoms with Crippen LogP contribution in [0.3, 0.4) is 0 Å². The smallest absolute Gasteiger partial charge is 0.244 e. The molecular formula is C17H26N2O3. The van der Waals surface area contributed by atoms with Crippen LogP contribution in [0.4, 0.5) is 0 Å². The van der Waals surface area contributed by atoms with Crippen molar-refractivity contribution < 1.29 is 14.3 Å². The van der Waals surface area contributed by atoms with E-state index in [2.05, 4.69) is 24.4 Å². The standard InChI is InChI=1S/C17H26N2O3/c1-5-7-14(8-6-2)18-19-17(20)12-13-9-10-15(21-3)16(11-13)22-4/h9-11H,5-8,12H2,1-4H3,(H,19,20). The average Bonchev–Trinajstić information content (AvgIpc) is 2.53. The molecular weight excluding hydrogens is 280 g/mol. The number of amides is 1. The molecule has 0 heterocycles. The van der Waals surface area contributed by atoms with E-state index in [0.717, 1.165) is 37.0 Å². The summed E-state index contributed by atoms with van der Waals surface area (Å²) in [6.07, 6.45) is 4.17. The second kappa shape index (κ2) is 9.82. The van der Waals surface area contributed by atoms with Gasteiger partial charge in [0.2, 0.25) is 5.91 Å². The van der Waals surface area contributed by atoms with Gasteiger partial charge >= 0.3 is 0 Å². The summed E-state index contributed by atoms with van der Waals surface area (Å²) >= 11 is 0. The van der Waals surface area contributed by atoms with E-state index in [4.69, 9.17) is 9.47 Å². The van der Waals surface area contributed by atoms with Gasteiger partial charge in [-0.15, -0.1) is 0 Å². The van der Waals surface area contributed by atoms with Crippen molar-refractivity contribution in [2.75, 3.05) is 14.2 Å². The van der Waals surface area contributed by atoms with Crippen LogP contribution >= 0.6 is 0 Å². The Morgan fingerprint density at radius 2 is 1.73 bits per heavy atom. The number of ether oxygens (including phenoxy) is 2. The zero-order valence-electron chi connectivity index (χ0n) is 13.9. The minimum absolute atomic E-state index is 0.128. The van der Waals surface area contributed by atoms with Gasteiger partial charge in [0.1, 0.15) is 0 Å². The molecule has 0 aliphatic rings. The number of nitrogens with one attached hydrogen (secondary N) is 1. The molecule has 0 bridgehead atoms. The number of benzene rings is 1. The number of carbonyl (C=O) groups excluding carboxylic acids is 1. The molecule has 0 aromatic heterocycles. The van der Waals surface area contributed by atoms with Crippen LogP contribution in [0, 0.1) is 0 Å². The topological polar surface area (TPSA) is 59.9 Å². The Balaban J connectivity index is 2.66. The minimum atomic E-state index is -0.128. The zero-order chi connectivity index (χ0) is 16.4. The van der Waals surface area contributed by atoms with Gasteiger partial charge in [-0.25, -0.2) is 5.43 Å². The van der Waals surface area contributed by atoms with Crippen molar-refractivity contribution in [1.29, 1.82) is 0 Å². The van der Waals surface area contributed by atoms with Crippen LogP contribution in [0.2, 0.25) is 0 Å². The van der Waals surface area contributed by atoms with E-state index in [-0.39, 0.29) is 12.3 Å². The molecule has 0 fully saturated rings. The van der Waals surface area contributed by atoms with Crippen LogP contribution in [0.15, 0.2) is 23.3 Å². The third-order valence-corrected chi connectivity index (χ3v) is 3.23. The first-order valence-electron chi connectivity index (χ1n) is 7.69. The van der Waals surface area contributed by atoms with Crippen molar-refractivity contribution in [3.05, 3.63) is 23.8 Å². The molecule has 0 unspecified atom stereocenters.